The molecule has 0 unspecified atom stereocenters. The molecule has 0 amide bonds. The summed E-state index contributed by atoms with van der Waals surface area (Å²) in [6.07, 6.45) is 9.19. The molecule has 1 heterocycles. The zero-order valence-electron chi connectivity index (χ0n) is 11.7. The van der Waals surface area contributed by atoms with Crippen LogP contribution >= 0.6 is 15.9 Å². The first-order valence-electron chi connectivity index (χ1n) is 7.34. The Balaban J connectivity index is 2.17. The highest BCUT2D eigenvalue weighted by molar-refractivity contribution is 9.09. The number of halogens is 1. The van der Waals surface area contributed by atoms with Gasteiger partial charge < -0.3 is 0 Å². The zero-order chi connectivity index (χ0) is 13.0. The van der Waals surface area contributed by atoms with Gasteiger partial charge in [0.05, 0.1) is 5.69 Å². The maximum atomic E-state index is 4.68. The van der Waals surface area contributed by atoms with Crippen molar-refractivity contribution in [1.29, 1.82) is 0 Å². The number of rotatable bonds is 5. The molecule has 0 aromatic carbocycles. The zero-order valence-corrected chi connectivity index (χ0v) is 13.3. The van der Waals surface area contributed by atoms with Gasteiger partial charge in [0.1, 0.15) is 0 Å². The molecule has 3 heteroatoms. The number of nitrogens with zero attached hydrogens (tertiary/aromatic N) is 2. The van der Waals surface area contributed by atoms with Crippen LogP contribution in [-0.2, 0) is 19.4 Å². The van der Waals surface area contributed by atoms with Crippen LogP contribution in [0.1, 0.15) is 57.3 Å². The van der Waals surface area contributed by atoms with E-state index >= 15 is 0 Å². The molecule has 2 rings (SSSR count). The van der Waals surface area contributed by atoms with Crippen molar-refractivity contribution in [3.63, 3.8) is 0 Å². The van der Waals surface area contributed by atoms with Crippen LogP contribution in [0.5, 0.6) is 0 Å². The number of aryl methyl sites for hydroxylation is 2. The van der Waals surface area contributed by atoms with Gasteiger partial charge in [0, 0.05) is 17.6 Å². The predicted molar refractivity (Wildman–Crippen MR) is 80.3 cm³/mol. The maximum Gasteiger partial charge on any atom is 0.0624 e. The summed E-state index contributed by atoms with van der Waals surface area (Å²) in [5.41, 5.74) is 3.17. The Bertz CT molecular complexity index is 378. The van der Waals surface area contributed by atoms with Crippen molar-refractivity contribution >= 4 is 15.9 Å². The molecule has 0 radical (unpaired) electrons. The third kappa shape index (κ3) is 2.98. The van der Waals surface area contributed by atoms with Crippen LogP contribution in [0.4, 0.5) is 0 Å². The van der Waals surface area contributed by atoms with E-state index in [2.05, 4.69) is 45.6 Å². The summed E-state index contributed by atoms with van der Waals surface area (Å²) < 4.78 is 2.21. The highest BCUT2D eigenvalue weighted by Crippen LogP contribution is 2.40. The molecule has 0 saturated heterocycles. The third-order valence-electron chi connectivity index (χ3n) is 4.33. The van der Waals surface area contributed by atoms with E-state index in [1.807, 2.05) is 0 Å². The largest absolute Gasteiger partial charge is 0.270 e. The SMILES string of the molecule is CCc1cc(CC2(CBr)CCCCC2)n(CC)n1. The smallest absolute Gasteiger partial charge is 0.0624 e. The lowest BCUT2D eigenvalue weighted by Crippen LogP contribution is -2.29. The highest BCUT2D eigenvalue weighted by Gasteiger charge is 2.32. The van der Waals surface area contributed by atoms with Gasteiger partial charge in [-0.05, 0) is 44.1 Å². The lowest BCUT2D eigenvalue weighted by atomic mass is 9.72. The van der Waals surface area contributed by atoms with Crippen molar-refractivity contribution in [3.8, 4) is 0 Å². The molecule has 1 aromatic rings. The highest BCUT2D eigenvalue weighted by atomic mass is 79.9. The topological polar surface area (TPSA) is 17.8 Å². The van der Waals surface area contributed by atoms with Crippen LogP contribution in [0.25, 0.3) is 0 Å². The second-order valence-electron chi connectivity index (χ2n) is 5.67. The molecule has 1 aliphatic carbocycles. The molecule has 102 valence electrons. The van der Waals surface area contributed by atoms with Gasteiger partial charge in [0.25, 0.3) is 0 Å². The van der Waals surface area contributed by atoms with Crippen LogP contribution in [0.15, 0.2) is 6.07 Å². The summed E-state index contributed by atoms with van der Waals surface area (Å²) >= 11 is 3.77. The van der Waals surface area contributed by atoms with Crippen molar-refractivity contribution < 1.29 is 0 Å². The maximum absolute atomic E-state index is 4.68. The first-order valence-corrected chi connectivity index (χ1v) is 8.47. The number of hydrogen-bond donors (Lipinski definition) is 0. The van der Waals surface area contributed by atoms with E-state index in [1.165, 1.54) is 49.9 Å². The van der Waals surface area contributed by atoms with Gasteiger partial charge in [0.15, 0.2) is 0 Å². The first-order chi connectivity index (χ1) is 8.73. The average molecular weight is 313 g/mol. The Hall–Kier alpha value is -0.310. The van der Waals surface area contributed by atoms with E-state index in [0.29, 0.717) is 5.41 Å². The second kappa shape index (κ2) is 6.23. The molecule has 0 aliphatic heterocycles. The first kappa shape index (κ1) is 14.1. The Morgan fingerprint density at radius 2 is 2.00 bits per heavy atom. The Labute approximate surface area is 119 Å². The van der Waals surface area contributed by atoms with Crippen LogP contribution in [0.2, 0.25) is 0 Å². The van der Waals surface area contributed by atoms with Crippen molar-refractivity contribution in [2.24, 2.45) is 5.41 Å². The molecule has 0 atom stereocenters. The van der Waals surface area contributed by atoms with E-state index in [0.717, 1.165) is 18.3 Å². The lowest BCUT2D eigenvalue weighted by molar-refractivity contribution is 0.218. The fraction of sp³-hybridized carbons (Fsp3) is 0.800. The molecule has 0 spiro atoms. The summed E-state index contributed by atoms with van der Waals surface area (Å²) in [5, 5.41) is 5.81. The van der Waals surface area contributed by atoms with Gasteiger partial charge in [-0.1, -0.05) is 42.1 Å². The average Bonchev–Trinajstić information content (AvgIpc) is 2.82. The molecule has 2 nitrogen and oxygen atoms in total. The Morgan fingerprint density at radius 1 is 1.28 bits per heavy atom. The molecule has 0 bridgehead atoms. The molecule has 0 N–H and O–H groups in total. The van der Waals surface area contributed by atoms with Gasteiger partial charge in [-0.2, -0.15) is 5.10 Å². The van der Waals surface area contributed by atoms with Crippen LogP contribution in [0, 0.1) is 5.41 Å². The van der Waals surface area contributed by atoms with E-state index in [9.17, 15) is 0 Å². The number of aromatic nitrogens is 2. The van der Waals surface area contributed by atoms with Gasteiger partial charge in [-0.3, -0.25) is 4.68 Å². The van der Waals surface area contributed by atoms with Crippen LogP contribution in [-0.4, -0.2) is 15.1 Å². The van der Waals surface area contributed by atoms with E-state index < -0.39 is 0 Å². The Morgan fingerprint density at radius 3 is 2.56 bits per heavy atom. The summed E-state index contributed by atoms with van der Waals surface area (Å²) in [5.74, 6) is 0. The van der Waals surface area contributed by atoms with E-state index in [4.69, 9.17) is 0 Å². The molecule has 1 aliphatic rings. The van der Waals surface area contributed by atoms with Crippen LogP contribution < -0.4 is 0 Å². The normalized spacial score (nSPS) is 19.1. The van der Waals surface area contributed by atoms with Gasteiger partial charge in [0.2, 0.25) is 0 Å². The van der Waals surface area contributed by atoms with Crippen LogP contribution in [0.3, 0.4) is 0 Å². The van der Waals surface area contributed by atoms with E-state index in [-0.39, 0.29) is 0 Å². The van der Waals surface area contributed by atoms with Gasteiger partial charge >= 0.3 is 0 Å². The summed E-state index contributed by atoms with van der Waals surface area (Å²) in [6.45, 7) is 5.37. The number of hydrogen-bond acceptors (Lipinski definition) is 1. The lowest BCUT2D eigenvalue weighted by Gasteiger charge is -2.35. The minimum Gasteiger partial charge on any atom is -0.270 e. The van der Waals surface area contributed by atoms with Crippen molar-refractivity contribution in [2.45, 2.75) is 65.3 Å². The molecule has 1 fully saturated rings. The fourth-order valence-corrected chi connectivity index (χ4v) is 3.91. The van der Waals surface area contributed by atoms with Crippen molar-refractivity contribution in [3.05, 3.63) is 17.5 Å². The second-order valence-corrected chi connectivity index (χ2v) is 6.23. The summed E-state index contributed by atoms with van der Waals surface area (Å²) in [6, 6.07) is 2.32. The minimum atomic E-state index is 0.482. The standard InChI is InChI=1S/C15H25BrN2/c1-3-13-10-14(18(4-2)17-13)11-15(12-16)8-6-5-7-9-15/h10H,3-9,11-12H2,1-2H3. The third-order valence-corrected chi connectivity index (χ3v) is 5.52. The molecule has 1 aromatic heterocycles. The van der Waals surface area contributed by atoms with Crippen molar-refractivity contribution in [2.75, 3.05) is 5.33 Å². The molecular weight excluding hydrogens is 288 g/mol. The molecular formula is C15H25BrN2. The Kier molecular flexibility index (Phi) is 4.88. The fourth-order valence-electron chi connectivity index (χ4n) is 3.15. The van der Waals surface area contributed by atoms with E-state index in [1.54, 1.807) is 0 Å². The predicted octanol–water partition coefficient (Wildman–Crippen LogP) is 4.35. The van der Waals surface area contributed by atoms with Gasteiger partial charge in [-0.25, -0.2) is 0 Å². The molecule has 1 saturated carbocycles. The summed E-state index contributed by atoms with van der Waals surface area (Å²) in [4.78, 5) is 0. The monoisotopic (exact) mass is 312 g/mol. The summed E-state index contributed by atoms with van der Waals surface area (Å²) in [7, 11) is 0. The van der Waals surface area contributed by atoms with Gasteiger partial charge in [-0.15, -0.1) is 0 Å². The number of alkyl halides is 1. The molecule has 18 heavy (non-hydrogen) atoms. The minimum absolute atomic E-state index is 0.482. The quantitative estimate of drug-likeness (QED) is 0.739. The van der Waals surface area contributed by atoms with Crippen molar-refractivity contribution in [1.82, 2.24) is 9.78 Å².